The predicted octanol–water partition coefficient (Wildman–Crippen LogP) is 7.63. The summed E-state index contributed by atoms with van der Waals surface area (Å²) in [5.41, 5.74) is 0.411. The highest BCUT2D eigenvalue weighted by atomic mass is 16.6. The van der Waals surface area contributed by atoms with Gasteiger partial charge in [-0.1, -0.05) is 99.9 Å². The van der Waals surface area contributed by atoms with Crippen molar-refractivity contribution in [1.29, 1.82) is 0 Å². The van der Waals surface area contributed by atoms with Crippen molar-refractivity contribution in [2.75, 3.05) is 6.54 Å². The number of esters is 1. The normalized spacial score (nSPS) is 15.5. The van der Waals surface area contributed by atoms with Crippen molar-refractivity contribution in [2.24, 2.45) is 5.92 Å². The van der Waals surface area contributed by atoms with Gasteiger partial charge in [0.25, 0.3) is 0 Å². The van der Waals surface area contributed by atoms with Crippen molar-refractivity contribution >= 4 is 18.1 Å². The fourth-order valence-corrected chi connectivity index (χ4v) is 5.62. The van der Waals surface area contributed by atoms with E-state index >= 15 is 0 Å². The number of oxazole rings is 1. The summed E-state index contributed by atoms with van der Waals surface area (Å²) in [6.45, 7) is 0.486. The highest BCUT2D eigenvalue weighted by Gasteiger charge is 2.48. The molecule has 1 aliphatic rings. The van der Waals surface area contributed by atoms with Crippen LogP contribution in [0, 0.1) is 5.92 Å². The van der Waals surface area contributed by atoms with Crippen LogP contribution in [0.3, 0.4) is 0 Å². The van der Waals surface area contributed by atoms with E-state index < -0.39 is 17.5 Å². The third-order valence-corrected chi connectivity index (χ3v) is 7.80. The summed E-state index contributed by atoms with van der Waals surface area (Å²) in [7, 11) is 0. The molecule has 0 aliphatic heterocycles. The molecule has 1 aromatic carbocycles. The third-order valence-electron chi connectivity index (χ3n) is 7.80. The Kier molecular flexibility index (Phi) is 11.5. The summed E-state index contributed by atoms with van der Waals surface area (Å²) in [6, 6.07) is 13.2. The van der Waals surface area contributed by atoms with E-state index in [-0.39, 0.29) is 5.89 Å². The van der Waals surface area contributed by atoms with Gasteiger partial charge in [-0.2, -0.15) is 0 Å². The van der Waals surface area contributed by atoms with Crippen LogP contribution in [-0.4, -0.2) is 28.6 Å². The van der Waals surface area contributed by atoms with Crippen molar-refractivity contribution < 1.29 is 18.7 Å². The number of benzene rings is 1. The SMILES string of the molecule is O=C(NCCCCC1CCCCC1)OC(=O)C(CCCCC=Cc1cccnc1)(c1ccccc1)c1ncco1. The number of nitrogens with one attached hydrogen (secondary N) is 1. The van der Waals surface area contributed by atoms with Gasteiger partial charge in [0.05, 0.1) is 6.20 Å². The smallest absolute Gasteiger partial charge is 0.414 e. The number of hydrogen-bond donors (Lipinski definition) is 1. The van der Waals surface area contributed by atoms with E-state index in [4.69, 9.17) is 9.15 Å². The number of ether oxygens (including phenoxy) is 1. The number of alkyl carbamates (subject to hydrolysis) is 1. The Morgan fingerprint density at radius 2 is 1.85 bits per heavy atom. The van der Waals surface area contributed by atoms with Crippen molar-refractivity contribution in [1.82, 2.24) is 15.3 Å². The summed E-state index contributed by atoms with van der Waals surface area (Å²) in [5.74, 6) is 0.377. The molecule has 0 saturated heterocycles. The van der Waals surface area contributed by atoms with Crippen molar-refractivity contribution in [3.05, 3.63) is 90.4 Å². The second-order valence-corrected chi connectivity index (χ2v) is 10.6. The third kappa shape index (κ3) is 8.38. The summed E-state index contributed by atoms with van der Waals surface area (Å²) in [6.07, 6.45) is 22.6. The molecule has 2 aromatic heterocycles. The van der Waals surface area contributed by atoms with E-state index in [1.807, 2.05) is 54.7 Å². The van der Waals surface area contributed by atoms with Crippen LogP contribution in [0.1, 0.15) is 94.1 Å². The number of allylic oxidation sites excluding steroid dienone is 1. The van der Waals surface area contributed by atoms with Gasteiger partial charge in [-0.3, -0.25) is 4.98 Å². The zero-order valence-corrected chi connectivity index (χ0v) is 23.3. The van der Waals surface area contributed by atoms with Crippen molar-refractivity contribution in [3.63, 3.8) is 0 Å². The number of aromatic nitrogens is 2. The molecule has 7 nitrogen and oxygen atoms in total. The van der Waals surface area contributed by atoms with Crippen molar-refractivity contribution in [2.45, 2.75) is 82.5 Å². The van der Waals surface area contributed by atoms with Crippen LogP contribution in [0.15, 0.2) is 77.8 Å². The van der Waals surface area contributed by atoms with Crippen LogP contribution < -0.4 is 5.32 Å². The summed E-state index contributed by atoms with van der Waals surface area (Å²) >= 11 is 0. The molecule has 1 fully saturated rings. The van der Waals surface area contributed by atoms with Gasteiger partial charge in [-0.15, -0.1) is 0 Å². The zero-order valence-electron chi connectivity index (χ0n) is 23.3. The van der Waals surface area contributed by atoms with Gasteiger partial charge in [0.15, 0.2) is 5.41 Å². The molecule has 0 radical (unpaired) electrons. The Morgan fingerprint density at radius 1 is 1.00 bits per heavy atom. The van der Waals surface area contributed by atoms with Gasteiger partial charge in [0.1, 0.15) is 6.26 Å². The Hall–Kier alpha value is -3.74. The molecule has 4 rings (SSSR count). The van der Waals surface area contributed by atoms with Crippen LogP contribution in [0.25, 0.3) is 6.08 Å². The fraction of sp³-hybridized carbons (Fsp3) is 0.455. The van der Waals surface area contributed by atoms with Crippen LogP contribution in [0.5, 0.6) is 0 Å². The van der Waals surface area contributed by atoms with Crippen LogP contribution in [-0.2, 0) is 14.9 Å². The Morgan fingerprint density at radius 3 is 2.60 bits per heavy atom. The molecular weight excluding hydrogens is 502 g/mol. The lowest BCUT2D eigenvalue weighted by molar-refractivity contribution is -0.143. The van der Waals surface area contributed by atoms with E-state index in [0.717, 1.165) is 37.2 Å². The van der Waals surface area contributed by atoms with E-state index in [0.29, 0.717) is 24.9 Å². The lowest BCUT2D eigenvalue weighted by Gasteiger charge is -2.28. The minimum atomic E-state index is -1.32. The lowest BCUT2D eigenvalue weighted by Crippen LogP contribution is -2.42. The molecule has 0 spiro atoms. The number of carbonyl (C=O) groups excluding carboxylic acids is 2. The molecule has 1 aliphatic carbocycles. The highest BCUT2D eigenvalue weighted by Crippen LogP contribution is 2.38. The van der Waals surface area contributed by atoms with Gasteiger partial charge < -0.3 is 14.5 Å². The van der Waals surface area contributed by atoms with E-state index in [1.165, 1.54) is 51.0 Å². The Labute approximate surface area is 237 Å². The number of carbonyl (C=O) groups is 2. The second kappa shape index (κ2) is 15.8. The molecule has 1 unspecified atom stereocenters. The summed E-state index contributed by atoms with van der Waals surface area (Å²) in [5, 5.41) is 2.77. The molecule has 0 bridgehead atoms. The second-order valence-electron chi connectivity index (χ2n) is 10.6. The van der Waals surface area contributed by atoms with E-state index in [9.17, 15) is 9.59 Å². The largest absolute Gasteiger partial charge is 0.447 e. The molecule has 1 saturated carbocycles. The molecule has 7 heteroatoms. The summed E-state index contributed by atoms with van der Waals surface area (Å²) < 4.78 is 11.1. The molecular formula is C33H41N3O4. The average Bonchev–Trinajstić information content (AvgIpc) is 3.54. The summed E-state index contributed by atoms with van der Waals surface area (Å²) in [4.78, 5) is 35.0. The van der Waals surface area contributed by atoms with Gasteiger partial charge in [-0.25, -0.2) is 14.6 Å². The first-order valence-corrected chi connectivity index (χ1v) is 14.7. The molecule has 2 heterocycles. The van der Waals surface area contributed by atoms with Crippen molar-refractivity contribution in [3.8, 4) is 0 Å². The first-order valence-electron chi connectivity index (χ1n) is 14.7. The van der Waals surface area contributed by atoms with Crippen LogP contribution in [0.4, 0.5) is 4.79 Å². The molecule has 3 aromatic rings. The molecule has 40 heavy (non-hydrogen) atoms. The maximum Gasteiger partial charge on any atom is 0.414 e. The quantitative estimate of drug-likeness (QED) is 0.128. The standard InChI is InChI=1S/C33H41N3O4/c37-31(40-32(38)36-23-12-10-16-27-14-6-3-7-15-27)33(30-35-24-25-39-30,29-19-8-4-9-20-29)21-11-2-1-5-17-28-18-13-22-34-26-28/h4-5,8-9,13,17-20,22,24-27H,1-3,6-7,10-12,14-16,21,23H2,(H,36,38). The first kappa shape index (κ1) is 29.2. The van der Waals surface area contributed by atoms with E-state index in [2.05, 4.69) is 21.4 Å². The highest BCUT2D eigenvalue weighted by molar-refractivity contribution is 5.93. The number of nitrogens with zero attached hydrogens (tertiary/aromatic N) is 2. The molecule has 1 amide bonds. The number of amides is 1. The van der Waals surface area contributed by atoms with Gasteiger partial charge in [0, 0.05) is 18.9 Å². The average molecular weight is 544 g/mol. The number of rotatable bonds is 14. The van der Waals surface area contributed by atoms with E-state index in [1.54, 1.807) is 6.20 Å². The molecule has 1 N–H and O–H groups in total. The first-order chi connectivity index (χ1) is 19.7. The van der Waals surface area contributed by atoms with Crippen LogP contribution >= 0.6 is 0 Å². The monoisotopic (exact) mass is 543 g/mol. The minimum absolute atomic E-state index is 0.231. The topological polar surface area (TPSA) is 94.3 Å². The number of hydrogen-bond acceptors (Lipinski definition) is 6. The Bertz CT molecular complexity index is 1170. The number of pyridine rings is 1. The lowest BCUT2D eigenvalue weighted by atomic mass is 9.76. The van der Waals surface area contributed by atoms with Gasteiger partial charge in [-0.05, 0) is 48.8 Å². The molecule has 1 atom stereocenters. The van der Waals surface area contributed by atoms with Gasteiger partial charge >= 0.3 is 12.1 Å². The number of unbranched alkanes of at least 4 members (excludes halogenated alkanes) is 3. The predicted molar refractivity (Wildman–Crippen MR) is 155 cm³/mol. The Balaban J connectivity index is 1.36. The maximum atomic E-state index is 13.8. The maximum absolute atomic E-state index is 13.8. The van der Waals surface area contributed by atoms with Crippen LogP contribution in [0.2, 0.25) is 0 Å². The van der Waals surface area contributed by atoms with Gasteiger partial charge in [0.2, 0.25) is 5.89 Å². The molecule has 212 valence electrons. The fourth-order valence-electron chi connectivity index (χ4n) is 5.62. The minimum Gasteiger partial charge on any atom is -0.447 e. The zero-order chi connectivity index (χ0) is 27.9.